The molecular formula is C14H22F2N2O2S. The maximum absolute atomic E-state index is 13.3. The van der Waals surface area contributed by atoms with Gasteiger partial charge in [0.2, 0.25) is 10.0 Å². The zero-order valence-electron chi connectivity index (χ0n) is 12.3. The molecule has 1 aromatic rings. The Morgan fingerprint density at radius 3 is 2.38 bits per heavy atom. The molecule has 21 heavy (non-hydrogen) atoms. The van der Waals surface area contributed by atoms with E-state index in [0.29, 0.717) is 13.1 Å². The highest BCUT2D eigenvalue weighted by Gasteiger charge is 2.13. The van der Waals surface area contributed by atoms with Gasteiger partial charge in [0, 0.05) is 19.2 Å². The van der Waals surface area contributed by atoms with Crippen LogP contribution in [0.5, 0.6) is 0 Å². The summed E-state index contributed by atoms with van der Waals surface area (Å²) in [4.78, 5) is 0. The second kappa shape index (κ2) is 8.29. The number of sulfonamides is 1. The van der Waals surface area contributed by atoms with E-state index in [9.17, 15) is 17.2 Å². The summed E-state index contributed by atoms with van der Waals surface area (Å²) < 4.78 is 51.5. The molecule has 0 bridgehead atoms. The van der Waals surface area contributed by atoms with E-state index in [1.54, 1.807) is 13.8 Å². The second-order valence-electron chi connectivity index (χ2n) is 5.10. The van der Waals surface area contributed by atoms with Crippen molar-refractivity contribution in [3.63, 3.8) is 0 Å². The van der Waals surface area contributed by atoms with Gasteiger partial charge in [-0.1, -0.05) is 6.42 Å². The maximum Gasteiger partial charge on any atom is 0.213 e. The summed E-state index contributed by atoms with van der Waals surface area (Å²) in [6.07, 6.45) is 2.32. The Morgan fingerprint density at radius 1 is 1.10 bits per heavy atom. The van der Waals surface area contributed by atoms with E-state index in [0.717, 1.165) is 25.3 Å². The highest BCUT2D eigenvalue weighted by Crippen LogP contribution is 2.14. The van der Waals surface area contributed by atoms with Gasteiger partial charge < -0.3 is 5.32 Å². The SMILES string of the molecule is CC(C)S(=O)(=O)NCCCCCNc1ccc(F)cc1F. The van der Waals surface area contributed by atoms with Crippen LogP contribution in [0.15, 0.2) is 18.2 Å². The Balaban J connectivity index is 2.15. The average Bonchev–Trinajstić information content (AvgIpc) is 2.39. The number of hydrogen-bond acceptors (Lipinski definition) is 3. The van der Waals surface area contributed by atoms with Crippen molar-refractivity contribution in [1.29, 1.82) is 0 Å². The predicted octanol–water partition coefficient (Wildman–Crippen LogP) is 2.87. The summed E-state index contributed by atoms with van der Waals surface area (Å²) in [7, 11) is -3.19. The van der Waals surface area contributed by atoms with E-state index in [4.69, 9.17) is 0 Å². The van der Waals surface area contributed by atoms with Gasteiger partial charge in [0.25, 0.3) is 0 Å². The van der Waals surface area contributed by atoms with Crippen LogP contribution in [0.2, 0.25) is 0 Å². The third kappa shape index (κ3) is 6.39. The number of anilines is 1. The lowest BCUT2D eigenvalue weighted by Gasteiger charge is -2.10. The Bertz CT molecular complexity index is 548. The van der Waals surface area contributed by atoms with Crippen LogP contribution >= 0.6 is 0 Å². The number of halogens is 2. The monoisotopic (exact) mass is 320 g/mol. The number of hydrogen-bond donors (Lipinski definition) is 2. The molecule has 0 saturated heterocycles. The van der Waals surface area contributed by atoms with Crippen LogP contribution in [0.4, 0.5) is 14.5 Å². The van der Waals surface area contributed by atoms with E-state index in [2.05, 4.69) is 10.0 Å². The molecule has 0 aliphatic rings. The lowest BCUT2D eigenvalue weighted by Crippen LogP contribution is -2.31. The molecule has 2 N–H and O–H groups in total. The largest absolute Gasteiger partial charge is 0.383 e. The second-order valence-corrected chi connectivity index (χ2v) is 7.42. The zero-order valence-corrected chi connectivity index (χ0v) is 13.1. The molecule has 120 valence electrons. The van der Waals surface area contributed by atoms with Gasteiger partial charge in [-0.2, -0.15) is 0 Å². The number of nitrogens with one attached hydrogen (secondary N) is 2. The van der Waals surface area contributed by atoms with E-state index >= 15 is 0 Å². The van der Waals surface area contributed by atoms with Gasteiger partial charge in [-0.25, -0.2) is 21.9 Å². The molecule has 0 fully saturated rings. The fourth-order valence-corrected chi connectivity index (χ4v) is 2.43. The summed E-state index contributed by atoms with van der Waals surface area (Å²) in [5, 5.41) is 2.46. The van der Waals surface area contributed by atoms with Crippen LogP contribution in [0.1, 0.15) is 33.1 Å². The minimum atomic E-state index is -3.19. The Morgan fingerprint density at radius 2 is 1.76 bits per heavy atom. The summed E-state index contributed by atoms with van der Waals surface area (Å²) in [5.74, 6) is -1.21. The van der Waals surface area contributed by atoms with Gasteiger partial charge in [0.05, 0.1) is 10.9 Å². The lowest BCUT2D eigenvalue weighted by molar-refractivity contribution is 0.566. The molecule has 0 atom stereocenters. The van der Waals surface area contributed by atoms with Gasteiger partial charge in [0.1, 0.15) is 11.6 Å². The molecular weight excluding hydrogens is 298 g/mol. The maximum atomic E-state index is 13.3. The van der Waals surface area contributed by atoms with Gasteiger partial charge >= 0.3 is 0 Å². The van der Waals surface area contributed by atoms with E-state index < -0.39 is 26.9 Å². The molecule has 1 aromatic carbocycles. The smallest absolute Gasteiger partial charge is 0.213 e. The molecule has 0 spiro atoms. The molecule has 0 saturated carbocycles. The van der Waals surface area contributed by atoms with Gasteiger partial charge in [-0.3, -0.25) is 0 Å². The Hall–Kier alpha value is -1.21. The summed E-state index contributed by atoms with van der Waals surface area (Å²) in [6, 6.07) is 3.40. The van der Waals surface area contributed by atoms with Crippen LogP contribution in [-0.2, 0) is 10.0 Å². The van der Waals surface area contributed by atoms with Crippen LogP contribution in [0.3, 0.4) is 0 Å². The first-order chi connectivity index (χ1) is 9.83. The highest BCUT2D eigenvalue weighted by molar-refractivity contribution is 7.90. The quantitative estimate of drug-likeness (QED) is 0.688. The summed E-state index contributed by atoms with van der Waals surface area (Å²) in [5.41, 5.74) is 0.275. The lowest BCUT2D eigenvalue weighted by atomic mass is 10.2. The van der Waals surface area contributed by atoms with Crippen molar-refractivity contribution in [3.05, 3.63) is 29.8 Å². The third-order valence-corrected chi connectivity index (χ3v) is 4.87. The van der Waals surface area contributed by atoms with Gasteiger partial charge in [-0.05, 0) is 38.8 Å². The number of rotatable bonds is 9. The first-order valence-electron chi connectivity index (χ1n) is 7.00. The first kappa shape index (κ1) is 17.8. The number of unbranched alkanes of at least 4 members (excludes halogenated alkanes) is 2. The minimum Gasteiger partial charge on any atom is -0.383 e. The van der Waals surface area contributed by atoms with Crippen molar-refractivity contribution in [3.8, 4) is 0 Å². The fourth-order valence-electron chi connectivity index (χ4n) is 1.66. The molecule has 0 aromatic heterocycles. The zero-order chi connectivity index (χ0) is 15.9. The minimum absolute atomic E-state index is 0.275. The van der Waals surface area contributed by atoms with Gasteiger partial charge in [-0.15, -0.1) is 0 Å². The molecule has 0 unspecified atom stereocenters. The van der Waals surface area contributed by atoms with E-state index in [1.807, 2.05) is 0 Å². The van der Waals surface area contributed by atoms with Crippen molar-refractivity contribution in [2.24, 2.45) is 0 Å². The predicted molar refractivity (Wildman–Crippen MR) is 80.8 cm³/mol. The molecule has 4 nitrogen and oxygen atoms in total. The first-order valence-corrected chi connectivity index (χ1v) is 8.55. The highest BCUT2D eigenvalue weighted by atomic mass is 32.2. The standard InChI is InChI=1S/C14H22F2N2O2S/c1-11(2)21(19,20)18-9-5-3-4-8-17-14-7-6-12(15)10-13(14)16/h6-7,10-11,17-18H,3-5,8-9H2,1-2H3. The van der Waals surface area contributed by atoms with E-state index in [-0.39, 0.29) is 5.69 Å². The number of benzene rings is 1. The molecule has 1 rings (SSSR count). The Labute approximate surface area is 125 Å². The summed E-state index contributed by atoms with van der Waals surface area (Å²) in [6.45, 7) is 4.22. The van der Waals surface area contributed by atoms with E-state index in [1.165, 1.54) is 12.1 Å². The average molecular weight is 320 g/mol. The van der Waals surface area contributed by atoms with Gasteiger partial charge in [0.15, 0.2) is 0 Å². The summed E-state index contributed by atoms with van der Waals surface area (Å²) >= 11 is 0. The Kier molecular flexibility index (Phi) is 7.04. The molecule has 7 heteroatoms. The van der Waals surface area contributed by atoms with Crippen LogP contribution < -0.4 is 10.0 Å². The fraction of sp³-hybridized carbons (Fsp3) is 0.571. The molecule has 0 aliphatic heterocycles. The van der Waals surface area contributed by atoms with Crippen molar-refractivity contribution < 1.29 is 17.2 Å². The normalized spacial score (nSPS) is 11.9. The molecule has 0 aliphatic carbocycles. The third-order valence-electron chi connectivity index (χ3n) is 3.02. The molecule has 0 amide bonds. The van der Waals surface area contributed by atoms with Crippen LogP contribution in [0, 0.1) is 11.6 Å². The topological polar surface area (TPSA) is 58.2 Å². The van der Waals surface area contributed by atoms with Crippen molar-refractivity contribution in [1.82, 2.24) is 4.72 Å². The molecule has 0 heterocycles. The van der Waals surface area contributed by atoms with Crippen molar-refractivity contribution in [2.75, 3.05) is 18.4 Å². The van der Waals surface area contributed by atoms with Crippen LogP contribution in [0.25, 0.3) is 0 Å². The van der Waals surface area contributed by atoms with Crippen molar-refractivity contribution in [2.45, 2.75) is 38.4 Å². The molecule has 0 radical (unpaired) electrons. The van der Waals surface area contributed by atoms with Crippen LogP contribution in [-0.4, -0.2) is 26.8 Å². The van der Waals surface area contributed by atoms with Crippen molar-refractivity contribution >= 4 is 15.7 Å².